The van der Waals surface area contributed by atoms with Gasteiger partial charge in [-0.3, -0.25) is 4.90 Å². The zero-order chi connectivity index (χ0) is 17.8. The molecule has 0 fully saturated rings. The molecular formula is C21H27NO3. The monoisotopic (exact) mass is 341 g/mol. The Morgan fingerprint density at radius 2 is 1.80 bits per heavy atom. The number of hydrogen-bond acceptors (Lipinski definition) is 4. The molecular weight excluding hydrogens is 314 g/mol. The van der Waals surface area contributed by atoms with Crippen molar-refractivity contribution in [2.24, 2.45) is 5.92 Å². The highest BCUT2D eigenvalue weighted by Crippen LogP contribution is 2.38. The number of methoxy groups -OCH3 is 2. The second-order valence-corrected chi connectivity index (χ2v) is 6.87. The van der Waals surface area contributed by atoms with Gasteiger partial charge in [-0.15, -0.1) is 0 Å². The first-order valence-corrected chi connectivity index (χ1v) is 8.81. The van der Waals surface area contributed by atoms with Crippen LogP contribution in [0.4, 0.5) is 0 Å². The highest BCUT2D eigenvalue weighted by Gasteiger charge is 2.21. The van der Waals surface area contributed by atoms with Gasteiger partial charge < -0.3 is 14.2 Å². The molecule has 0 radical (unpaired) electrons. The summed E-state index contributed by atoms with van der Waals surface area (Å²) in [5, 5.41) is 0. The third kappa shape index (κ3) is 4.07. The maximum atomic E-state index is 6.02. The Labute approximate surface area is 150 Å². The number of hydrogen-bond donors (Lipinski definition) is 0. The molecule has 1 aliphatic rings. The molecule has 1 heterocycles. The highest BCUT2D eigenvalue weighted by atomic mass is 16.5. The van der Waals surface area contributed by atoms with E-state index in [2.05, 4.69) is 43.0 Å². The minimum atomic E-state index is 0.633. The molecule has 0 N–H and O–H groups in total. The summed E-state index contributed by atoms with van der Waals surface area (Å²) in [7, 11) is 3.38. The van der Waals surface area contributed by atoms with Gasteiger partial charge in [0.15, 0.2) is 11.5 Å². The molecule has 0 aliphatic carbocycles. The third-order valence-electron chi connectivity index (χ3n) is 4.45. The molecule has 0 saturated carbocycles. The van der Waals surface area contributed by atoms with E-state index in [9.17, 15) is 0 Å². The number of nitrogens with zero attached hydrogens (tertiary/aromatic N) is 1. The van der Waals surface area contributed by atoms with E-state index in [1.807, 2.05) is 12.1 Å². The van der Waals surface area contributed by atoms with Crippen LogP contribution in [-0.4, -0.2) is 38.8 Å². The van der Waals surface area contributed by atoms with Crippen LogP contribution in [0.2, 0.25) is 0 Å². The molecule has 4 heteroatoms. The summed E-state index contributed by atoms with van der Waals surface area (Å²) in [6.07, 6.45) is 0. The predicted octanol–water partition coefficient (Wildman–Crippen LogP) is 4.22. The van der Waals surface area contributed by atoms with E-state index in [4.69, 9.17) is 14.2 Å². The predicted molar refractivity (Wildman–Crippen MR) is 101 cm³/mol. The van der Waals surface area contributed by atoms with Crippen molar-refractivity contribution >= 4 is 0 Å². The van der Waals surface area contributed by atoms with E-state index in [-0.39, 0.29) is 0 Å². The van der Waals surface area contributed by atoms with Crippen molar-refractivity contribution in [2.75, 3.05) is 33.9 Å². The van der Waals surface area contributed by atoms with E-state index < -0.39 is 0 Å². The smallest absolute Gasteiger partial charge is 0.165 e. The van der Waals surface area contributed by atoms with Gasteiger partial charge in [-0.2, -0.15) is 0 Å². The van der Waals surface area contributed by atoms with Crippen LogP contribution in [0.3, 0.4) is 0 Å². The average Bonchev–Trinajstić information content (AvgIpc) is 2.82. The SMILES string of the molecule is COc1ccc(-c2cc3c(c(OC)c2)OCCN(CC(C)C)C3)cc1. The topological polar surface area (TPSA) is 30.9 Å². The molecule has 25 heavy (non-hydrogen) atoms. The number of rotatable bonds is 5. The molecule has 2 aromatic carbocycles. The Kier molecular flexibility index (Phi) is 5.49. The second-order valence-electron chi connectivity index (χ2n) is 6.87. The normalized spacial score (nSPS) is 14.6. The van der Waals surface area contributed by atoms with Crippen LogP contribution in [0.5, 0.6) is 17.2 Å². The number of fused-ring (bicyclic) bond motifs is 1. The fraction of sp³-hybridized carbons (Fsp3) is 0.429. The van der Waals surface area contributed by atoms with E-state index in [1.165, 1.54) is 5.56 Å². The summed E-state index contributed by atoms with van der Waals surface area (Å²) >= 11 is 0. The van der Waals surface area contributed by atoms with Crippen molar-refractivity contribution in [1.29, 1.82) is 0 Å². The van der Waals surface area contributed by atoms with Gasteiger partial charge >= 0.3 is 0 Å². The lowest BCUT2D eigenvalue weighted by molar-refractivity contribution is 0.205. The van der Waals surface area contributed by atoms with Gasteiger partial charge in [-0.25, -0.2) is 0 Å². The molecule has 0 amide bonds. The summed E-state index contributed by atoms with van der Waals surface area (Å²) < 4.78 is 16.9. The van der Waals surface area contributed by atoms with Crippen molar-refractivity contribution < 1.29 is 14.2 Å². The molecule has 0 saturated heterocycles. The van der Waals surface area contributed by atoms with Gasteiger partial charge in [-0.05, 0) is 41.3 Å². The Hall–Kier alpha value is -2.20. The van der Waals surface area contributed by atoms with E-state index in [1.54, 1.807) is 14.2 Å². The third-order valence-corrected chi connectivity index (χ3v) is 4.45. The summed E-state index contributed by atoms with van der Waals surface area (Å²) in [5.41, 5.74) is 3.46. The van der Waals surface area contributed by atoms with Gasteiger partial charge in [-0.1, -0.05) is 26.0 Å². The first-order valence-electron chi connectivity index (χ1n) is 8.81. The Bertz CT molecular complexity index is 710. The molecule has 3 rings (SSSR count). The van der Waals surface area contributed by atoms with Gasteiger partial charge in [0.25, 0.3) is 0 Å². The van der Waals surface area contributed by atoms with Crippen LogP contribution in [0.1, 0.15) is 19.4 Å². The minimum absolute atomic E-state index is 0.633. The van der Waals surface area contributed by atoms with Gasteiger partial charge in [0.05, 0.1) is 14.2 Å². The zero-order valence-electron chi connectivity index (χ0n) is 15.5. The Morgan fingerprint density at radius 1 is 1.04 bits per heavy atom. The van der Waals surface area contributed by atoms with Crippen LogP contribution in [0.25, 0.3) is 11.1 Å². The molecule has 0 spiro atoms. The van der Waals surface area contributed by atoms with Crippen LogP contribution in [0.15, 0.2) is 36.4 Å². The molecule has 2 aromatic rings. The minimum Gasteiger partial charge on any atom is -0.497 e. The summed E-state index contributed by atoms with van der Waals surface area (Å²) in [4.78, 5) is 2.45. The molecule has 4 nitrogen and oxygen atoms in total. The standard InChI is InChI=1S/C21H27NO3/c1-15(2)13-22-9-10-25-21-18(14-22)11-17(12-20(21)24-4)16-5-7-19(23-3)8-6-16/h5-8,11-12,15H,9-10,13-14H2,1-4H3. The van der Waals surface area contributed by atoms with Crippen LogP contribution < -0.4 is 14.2 Å². The van der Waals surface area contributed by atoms with Crippen LogP contribution in [0, 0.1) is 5.92 Å². The second kappa shape index (κ2) is 7.79. The average molecular weight is 341 g/mol. The maximum Gasteiger partial charge on any atom is 0.165 e. The van der Waals surface area contributed by atoms with Crippen molar-refractivity contribution in [1.82, 2.24) is 4.90 Å². The highest BCUT2D eigenvalue weighted by molar-refractivity contribution is 5.70. The quantitative estimate of drug-likeness (QED) is 0.815. The van der Waals surface area contributed by atoms with Crippen LogP contribution in [-0.2, 0) is 6.54 Å². The number of ether oxygens (including phenoxy) is 3. The van der Waals surface area contributed by atoms with Gasteiger partial charge in [0.1, 0.15) is 12.4 Å². The van der Waals surface area contributed by atoms with E-state index >= 15 is 0 Å². The summed E-state index contributed by atoms with van der Waals surface area (Å²) in [5.74, 6) is 3.17. The zero-order valence-corrected chi connectivity index (χ0v) is 15.5. The van der Waals surface area contributed by atoms with Crippen molar-refractivity contribution in [3.8, 4) is 28.4 Å². The molecule has 0 atom stereocenters. The lowest BCUT2D eigenvalue weighted by Crippen LogP contribution is -2.29. The van der Waals surface area contributed by atoms with Gasteiger partial charge in [0.2, 0.25) is 0 Å². The summed E-state index contributed by atoms with van der Waals surface area (Å²) in [6.45, 7) is 8.08. The maximum absolute atomic E-state index is 6.02. The largest absolute Gasteiger partial charge is 0.497 e. The molecule has 1 aliphatic heterocycles. The number of benzene rings is 2. The fourth-order valence-corrected chi connectivity index (χ4v) is 3.31. The van der Waals surface area contributed by atoms with Crippen molar-refractivity contribution in [3.63, 3.8) is 0 Å². The first-order chi connectivity index (χ1) is 12.1. The lowest BCUT2D eigenvalue weighted by atomic mass is 10.0. The lowest BCUT2D eigenvalue weighted by Gasteiger charge is -2.21. The van der Waals surface area contributed by atoms with E-state index in [0.717, 1.165) is 48.0 Å². The fourth-order valence-electron chi connectivity index (χ4n) is 3.31. The van der Waals surface area contributed by atoms with E-state index in [0.29, 0.717) is 12.5 Å². The van der Waals surface area contributed by atoms with Crippen molar-refractivity contribution in [3.05, 3.63) is 42.0 Å². The Morgan fingerprint density at radius 3 is 2.44 bits per heavy atom. The first kappa shape index (κ1) is 17.6. The molecule has 0 aromatic heterocycles. The molecule has 134 valence electrons. The molecule has 0 unspecified atom stereocenters. The van der Waals surface area contributed by atoms with Crippen molar-refractivity contribution in [2.45, 2.75) is 20.4 Å². The Balaban J connectivity index is 1.97. The summed E-state index contributed by atoms with van der Waals surface area (Å²) in [6, 6.07) is 12.4. The van der Waals surface area contributed by atoms with Crippen LogP contribution >= 0.6 is 0 Å². The van der Waals surface area contributed by atoms with Gasteiger partial charge in [0, 0.05) is 25.2 Å². The molecule has 0 bridgehead atoms.